The van der Waals surface area contributed by atoms with Crippen LogP contribution in [0.3, 0.4) is 0 Å². The normalized spacial score (nSPS) is 28.6. The van der Waals surface area contributed by atoms with Crippen LogP contribution in [0, 0.1) is 47.3 Å². The first-order valence-corrected chi connectivity index (χ1v) is 22.2. The maximum atomic E-state index is 14.1. The van der Waals surface area contributed by atoms with Gasteiger partial charge in [0.2, 0.25) is 23.6 Å². The van der Waals surface area contributed by atoms with E-state index in [1.165, 1.54) is 22.6 Å². The summed E-state index contributed by atoms with van der Waals surface area (Å²) in [4.78, 5) is 62.6. The highest BCUT2D eigenvalue weighted by Crippen LogP contribution is 2.49. The first kappa shape index (κ1) is 41.3. The molecule has 1 aromatic rings. The smallest absolute Gasteiger partial charge is 0.237 e. The van der Waals surface area contributed by atoms with Crippen LogP contribution < -0.4 is 9.80 Å². The molecule has 52 heavy (non-hydrogen) atoms. The number of carbonyl (C=O) groups is 4. The number of fused-ring (bicyclic) bond motifs is 2. The van der Waals surface area contributed by atoms with E-state index in [2.05, 4.69) is 77.4 Å². The van der Waals surface area contributed by atoms with E-state index in [0.29, 0.717) is 45.5 Å². The summed E-state index contributed by atoms with van der Waals surface area (Å²) in [5, 5.41) is 0.931. The van der Waals surface area contributed by atoms with Gasteiger partial charge in [-0.15, -0.1) is 0 Å². The van der Waals surface area contributed by atoms with E-state index in [1.54, 1.807) is 24.3 Å². The molecule has 4 amide bonds. The molecule has 0 spiro atoms. The lowest BCUT2D eigenvalue weighted by Crippen LogP contribution is -2.36. The Morgan fingerprint density at radius 1 is 0.673 bits per heavy atom. The van der Waals surface area contributed by atoms with Gasteiger partial charge in [-0.2, -0.15) is 23.5 Å². The summed E-state index contributed by atoms with van der Waals surface area (Å²) in [6, 6.07) is 7.04. The van der Waals surface area contributed by atoms with Gasteiger partial charge in [0.05, 0.1) is 35.0 Å². The van der Waals surface area contributed by atoms with E-state index in [0.717, 1.165) is 76.0 Å². The lowest BCUT2D eigenvalue weighted by molar-refractivity contribution is -0.124. The Morgan fingerprint density at radius 2 is 1.21 bits per heavy atom. The minimum Gasteiger partial charge on any atom is -0.309 e. The van der Waals surface area contributed by atoms with Crippen molar-refractivity contribution in [1.29, 1.82) is 0 Å². The summed E-state index contributed by atoms with van der Waals surface area (Å²) in [6.07, 6.45) is 9.79. The number of carbonyl (C=O) groups excluding carboxylic acids is 4. The Balaban J connectivity index is 1.26. The van der Waals surface area contributed by atoms with Gasteiger partial charge in [0, 0.05) is 35.1 Å². The molecule has 2 aliphatic carbocycles. The third-order valence-corrected chi connectivity index (χ3v) is 15.3. The molecular formula is C42H66N4O4S2. The second-order valence-corrected chi connectivity index (χ2v) is 20.1. The number of nitrogens with zero attached hydrogens (tertiary/aromatic N) is 4. The number of rotatable bonds is 18. The average molecular weight is 755 g/mol. The van der Waals surface area contributed by atoms with E-state index in [4.69, 9.17) is 0 Å². The molecule has 2 heterocycles. The molecule has 2 saturated carbocycles. The van der Waals surface area contributed by atoms with Crippen molar-refractivity contribution < 1.29 is 19.2 Å². The van der Waals surface area contributed by atoms with Crippen LogP contribution in [0.1, 0.15) is 91.9 Å². The zero-order valence-electron chi connectivity index (χ0n) is 33.2. The van der Waals surface area contributed by atoms with Gasteiger partial charge < -0.3 is 9.80 Å². The monoisotopic (exact) mass is 754 g/mol. The molecule has 10 heteroatoms. The molecule has 0 radical (unpaired) electrons. The molecule has 5 rings (SSSR count). The lowest BCUT2D eigenvalue weighted by atomic mass is 9.73. The molecule has 0 aromatic heterocycles. The molecule has 8 unspecified atom stereocenters. The van der Waals surface area contributed by atoms with E-state index in [1.807, 2.05) is 11.8 Å². The molecule has 290 valence electrons. The predicted molar refractivity (Wildman–Crippen MR) is 218 cm³/mol. The molecule has 8 nitrogen and oxygen atoms in total. The largest absolute Gasteiger partial charge is 0.309 e. The van der Waals surface area contributed by atoms with Crippen molar-refractivity contribution in [2.45, 2.75) is 102 Å². The van der Waals surface area contributed by atoms with Gasteiger partial charge >= 0.3 is 0 Å². The molecule has 1 aromatic carbocycles. The fourth-order valence-electron chi connectivity index (χ4n) is 9.11. The molecular weight excluding hydrogens is 689 g/mol. The third kappa shape index (κ3) is 9.86. The fraction of sp³-hybridized carbons (Fsp3) is 0.762. The second kappa shape index (κ2) is 18.6. The fourth-order valence-corrected chi connectivity index (χ4v) is 12.2. The Labute approximate surface area is 322 Å². The van der Waals surface area contributed by atoms with E-state index >= 15 is 0 Å². The highest BCUT2D eigenvalue weighted by atomic mass is 32.2. The van der Waals surface area contributed by atoms with Gasteiger partial charge in [-0.25, -0.2) is 0 Å². The van der Waals surface area contributed by atoms with Gasteiger partial charge in [0.1, 0.15) is 0 Å². The third-order valence-electron chi connectivity index (χ3n) is 12.2. The number of thioether (sulfide) groups is 2. The summed E-state index contributed by atoms with van der Waals surface area (Å²) in [6.45, 7) is 11.2. The summed E-state index contributed by atoms with van der Waals surface area (Å²) >= 11 is 4.07. The number of anilines is 2. The maximum Gasteiger partial charge on any atom is 0.237 e. The van der Waals surface area contributed by atoms with Crippen LogP contribution >= 0.6 is 23.5 Å². The summed E-state index contributed by atoms with van der Waals surface area (Å²) in [7, 11) is 8.45. The molecule has 0 bridgehead atoms. The van der Waals surface area contributed by atoms with Crippen molar-refractivity contribution in [1.82, 2.24) is 9.80 Å². The van der Waals surface area contributed by atoms with Crippen LogP contribution in [0.4, 0.5) is 11.4 Å². The standard InChI is InChI=1S/C42H66N4O4S2/c1-27(2)10-9-11-29-12-18-33-34(24-29)40(48)45(39(33)47)31-14-16-32(17-15-31)46-41(49)35-25-30(13-19-37(28(3)4)51-22-20-43(5)6)38(26-36(35)42(46)50)52-23-21-44(7)8/h14-17,27-30,33-38H,9-13,18-26H2,1-8H3. The Hall–Kier alpha value is -1.88. The zero-order valence-corrected chi connectivity index (χ0v) is 34.9. The predicted octanol–water partition coefficient (Wildman–Crippen LogP) is 7.70. The van der Waals surface area contributed by atoms with Crippen molar-refractivity contribution >= 4 is 58.5 Å². The molecule has 4 aliphatic rings. The van der Waals surface area contributed by atoms with E-state index < -0.39 is 0 Å². The zero-order chi connectivity index (χ0) is 37.7. The molecule has 2 aliphatic heterocycles. The summed E-state index contributed by atoms with van der Waals surface area (Å²) < 4.78 is 0. The number of imide groups is 2. The SMILES string of the molecule is CC(C)CCCC1CCC2C(=O)N(c3ccc(N4C(=O)C5CC(CCC(SCCN(C)C)C(C)C)C(SCCN(C)C)CC5C4=O)cc3)C(=O)C2C1. The number of hydrogen-bond donors (Lipinski definition) is 0. The Kier molecular flexibility index (Phi) is 14.8. The van der Waals surface area contributed by atoms with Crippen LogP contribution in [0.25, 0.3) is 0 Å². The van der Waals surface area contributed by atoms with Crippen molar-refractivity contribution in [3.05, 3.63) is 24.3 Å². The first-order valence-electron chi connectivity index (χ1n) is 20.1. The Bertz CT molecular complexity index is 1380. The maximum absolute atomic E-state index is 14.1. The topological polar surface area (TPSA) is 81.2 Å². The van der Waals surface area contributed by atoms with Gasteiger partial charge in [-0.1, -0.05) is 47.0 Å². The van der Waals surface area contributed by atoms with Crippen molar-refractivity contribution in [3.63, 3.8) is 0 Å². The van der Waals surface area contributed by atoms with Crippen molar-refractivity contribution in [2.24, 2.45) is 47.3 Å². The number of amides is 4. The molecule has 2 saturated heterocycles. The van der Waals surface area contributed by atoms with Gasteiger partial charge in [-0.3, -0.25) is 29.0 Å². The van der Waals surface area contributed by atoms with Crippen LogP contribution in [-0.4, -0.2) is 96.7 Å². The molecule has 8 atom stereocenters. The van der Waals surface area contributed by atoms with Crippen molar-refractivity contribution in [2.75, 3.05) is 62.6 Å². The first-order chi connectivity index (χ1) is 24.8. The highest BCUT2D eigenvalue weighted by molar-refractivity contribution is 8.00. The molecule has 4 fully saturated rings. The van der Waals surface area contributed by atoms with Gasteiger partial charge in [0.15, 0.2) is 0 Å². The number of hydrogen-bond acceptors (Lipinski definition) is 8. The van der Waals surface area contributed by atoms with Gasteiger partial charge in [0.25, 0.3) is 0 Å². The van der Waals surface area contributed by atoms with Crippen LogP contribution in [0.15, 0.2) is 24.3 Å². The Morgan fingerprint density at radius 3 is 1.77 bits per heavy atom. The van der Waals surface area contributed by atoms with E-state index in [-0.39, 0.29) is 47.3 Å². The summed E-state index contributed by atoms with van der Waals surface area (Å²) in [5.74, 6) is 2.87. The number of benzene rings is 1. The summed E-state index contributed by atoms with van der Waals surface area (Å²) in [5.41, 5.74) is 1.09. The second-order valence-electron chi connectivity index (χ2n) is 17.4. The van der Waals surface area contributed by atoms with E-state index in [9.17, 15) is 19.2 Å². The highest BCUT2D eigenvalue weighted by Gasteiger charge is 2.54. The minimum atomic E-state index is -0.297. The van der Waals surface area contributed by atoms with Crippen LogP contribution in [0.2, 0.25) is 0 Å². The lowest BCUT2D eigenvalue weighted by Gasteiger charge is -2.37. The quantitative estimate of drug-likeness (QED) is 0.141. The van der Waals surface area contributed by atoms with Crippen LogP contribution in [0.5, 0.6) is 0 Å². The minimum absolute atomic E-state index is 0.0877. The van der Waals surface area contributed by atoms with Crippen LogP contribution in [-0.2, 0) is 19.2 Å². The average Bonchev–Trinajstić information content (AvgIpc) is 3.48. The van der Waals surface area contributed by atoms with Gasteiger partial charge in [-0.05, 0) is 121 Å². The van der Waals surface area contributed by atoms with Crippen molar-refractivity contribution in [3.8, 4) is 0 Å². The molecule has 0 N–H and O–H groups in total.